The predicted molar refractivity (Wildman–Crippen MR) is 101 cm³/mol. The van der Waals surface area contributed by atoms with E-state index in [1.165, 1.54) is 22.5 Å². The summed E-state index contributed by atoms with van der Waals surface area (Å²) >= 11 is 0. The number of fused-ring (bicyclic) bond motifs is 1. The van der Waals surface area contributed by atoms with Gasteiger partial charge < -0.3 is 4.84 Å². The highest BCUT2D eigenvalue weighted by atomic mass is 32.2. The summed E-state index contributed by atoms with van der Waals surface area (Å²) in [7, 11) is -3.61. The normalized spacial score (nSPS) is 18.4. The van der Waals surface area contributed by atoms with Gasteiger partial charge in [0.2, 0.25) is 10.0 Å². The van der Waals surface area contributed by atoms with Crippen LogP contribution in [-0.4, -0.2) is 41.0 Å². The SMILES string of the molecule is CC1CCCN(S(=O)(=O)c2ccc3nnn(OCc4ccccc4F)c3c2)C1. The van der Waals surface area contributed by atoms with Crippen molar-refractivity contribution in [3.05, 3.63) is 53.8 Å². The topological polar surface area (TPSA) is 77.3 Å². The Morgan fingerprint density at radius 2 is 2.07 bits per heavy atom. The summed E-state index contributed by atoms with van der Waals surface area (Å²) in [5, 5.41) is 7.89. The number of rotatable bonds is 5. The van der Waals surface area contributed by atoms with Crippen LogP contribution in [0.4, 0.5) is 4.39 Å². The lowest BCUT2D eigenvalue weighted by Crippen LogP contribution is -2.39. The molecule has 1 aliphatic heterocycles. The van der Waals surface area contributed by atoms with Crippen molar-refractivity contribution in [3.63, 3.8) is 0 Å². The van der Waals surface area contributed by atoms with Gasteiger partial charge in [0.25, 0.3) is 0 Å². The molecule has 2 heterocycles. The van der Waals surface area contributed by atoms with E-state index in [4.69, 9.17) is 4.84 Å². The average Bonchev–Trinajstić information content (AvgIpc) is 3.10. The molecule has 28 heavy (non-hydrogen) atoms. The largest absolute Gasteiger partial charge is 0.390 e. The number of piperidine rings is 1. The van der Waals surface area contributed by atoms with Crippen LogP contribution in [0.1, 0.15) is 25.3 Å². The minimum absolute atomic E-state index is 0.0499. The number of hydrogen-bond donors (Lipinski definition) is 0. The van der Waals surface area contributed by atoms with Gasteiger partial charge in [0.1, 0.15) is 23.5 Å². The van der Waals surface area contributed by atoms with Crippen molar-refractivity contribution in [1.82, 2.24) is 19.5 Å². The Morgan fingerprint density at radius 1 is 1.25 bits per heavy atom. The molecule has 0 amide bonds. The fourth-order valence-electron chi connectivity index (χ4n) is 3.39. The van der Waals surface area contributed by atoms with E-state index in [0.717, 1.165) is 17.7 Å². The Labute approximate surface area is 162 Å². The molecular formula is C19H21FN4O3S. The molecule has 1 fully saturated rings. The maximum atomic E-state index is 13.8. The van der Waals surface area contributed by atoms with E-state index in [0.29, 0.717) is 35.6 Å². The Balaban J connectivity index is 1.62. The lowest BCUT2D eigenvalue weighted by Gasteiger charge is -2.30. The second kappa shape index (κ2) is 7.48. The smallest absolute Gasteiger partial charge is 0.243 e. The quantitative estimate of drug-likeness (QED) is 0.653. The van der Waals surface area contributed by atoms with Gasteiger partial charge in [-0.05, 0) is 48.2 Å². The minimum atomic E-state index is -3.61. The van der Waals surface area contributed by atoms with Crippen LogP contribution in [-0.2, 0) is 16.6 Å². The third-order valence-corrected chi connectivity index (χ3v) is 6.81. The standard InChI is InChI=1S/C19H21FN4O3S/c1-14-5-4-10-23(12-14)28(25,26)16-8-9-18-19(11-16)24(22-21-18)27-13-15-6-2-3-7-17(15)20/h2-3,6-9,11,14H,4-5,10,12-13H2,1H3. The van der Waals surface area contributed by atoms with E-state index in [-0.39, 0.29) is 17.3 Å². The van der Waals surface area contributed by atoms with Gasteiger partial charge in [-0.1, -0.05) is 30.0 Å². The van der Waals surface area contributed by atoms with E-state index < -0.39 is 10.0 Å². The Bertz CT molecular complexity index is 1100. The summed E-state index contributed by atoms with van der Waals surface area (Å²) < 4.78 is 41.3. The van der Waals surface area contributed by atoms with Crippen molar-refractivity contribution < 1.29 is 17.6 Å². The van der Waals surface area contributed by atoms with Crippen LogP contribution in [0.5, 0.6) is 0 Å². The van der Waals surface area contributed by atoms with Crippen LogP contribution in [0.3, 0.4) is 0 Å². The van der Waals surface area contributed by atoms with Gasteiger partial charge in [0.05, 0.1) is 4.90 Å². The van der Waals surface area contributed by atoms with E-state index >= 15 is 0 Å². The van der Waals surface area contributed by atoms with Gasteiger partial charge in [0.15, 0.2) is 0 Å². The number of aromatic nitrogens is 3. The first-order valence-corrected chi connectivity index (χ1v) is 10.6. The number of hydrogen-bond acceptors (Lipinski definition) is 5. The van der Waals surface area contributed by atoms with Crippen LogP contribution in [0.2, 0.25) is 0 Å². The summed E-state index contributed by atoms with van der Waals surface area (Å²) in [6.45, 7) is 3.04. The number of nitrogens with zero attached hydrogens (tertiary/aromatic N) is 4. The molecule has 4 rings (SSSR count). The zero-order chi connectivity index (χ0) is 19.7. The molecule has 0 aliphatic carbocycles. The molecule has 148 valence electrons. The Hall–Kier alpha value is -2.52. The second-order valence-electron chi connectivity index (χ2n) is 7.09. The maximum absolute atomic E-state index is 13.8. The molecule has 0 bridgehead atoms. The highest BCUT2D eigenvalue weighted by Gasteiger charge is 2.29. The predicted octanol–water partition coefficient (Wildman–Crippen LogP) is 2.62. The van der Waals surface area contributed by atoms with Gasteiger partial charge in [-0.15, -0.1) is 5.10 Å². The first-order chi connectivity index (χ1) is 13.4. The van der Waals surface area contributed by atoms with E-state index in [9.17, 15) is 12.8 Å². The fourth-order valence-corrected chi connectivity index (χ4v) is 5.01. The van der Waals surface area contributed by atoms with Crippen LogP contribution in [0.15, 0.2) is 47.4 Å². The molecule has 1 aromatic heterocycles. The molecule has 3 aromatic rings. The van der Waals surface area contributed by atoms with Crippen molar-refractivity contribution >= 4 is 21.1 Å². The monoisotopic (exact) mass is 404 g/mol. The van der Waals surface area contributed by atoms with Crippen LogP contribution < -0.4 is 4.84 Å². The van der Waals surface area contributed by atoms with Crippen molar-refractivity contribution in [2.45, 2.75) is 31.3 Å². The molecule has 2 aromatic carbocycles. The van der Waals surface area contributed by atoms with Crippen molar-refractivity contribution in [2.24, 2.45) is 5.92 Å². The van der Waals surface area contributed by atoms with Crippen LogP contribution in [0, 0.1) is 11.7 Å². The van der Waals surface area contributed by atoms with E-state index in [1.54, 1.807) is 24.3 Å². The molecule has 1 atom stereocenters. The number of halogens is 1. The lowest BCUT2D eigenvalue weighted by atomic mass is 10.0. The van der Waals surface area contributed by atoms with Gasteiger partial charge in [-0.2, -0.15) is 4.31 Å². The molecule has 0 saturated carbocycles. The summed E-state index contributed by atoms with van der Waals surface area (Å²) in [6.07, 6.45) is 1.89. The maximum Gasteiger partial charge on any atom is 0.243 e. The van der Waals surface area contributed by atoms with Crippen molar-refractivity contribution in [1.29, 1.82) is 0 Å². The highest BCUT2D eigenvalue weighted by Crippen LogP contribution is 2.25. The zero-order valence-electron chi connectivity index (χ0n) is 15.5. The molecule has 0 N–H and O–H groups in total. The number of benzene rings is 2. The molecule has 0 spiro atoms. The van der Waals surface area contributed by atoms with Gasteiger partial charge in [-0.25, -0.2) is 12.8 Å². The molecule has 1 unspecified atom stereocenters. The molecule has 7 nitrogen and oxygen atoms in total. The third-order valence-electron chi connectivity index (χ3n) is 4.94. The summed E-state index contributed by atoms with van der Waals surface area (Å²) in [5.74, 6) is -0.0436. The Kier molecular flexibility index (Phi) is 5.03. The first-order valence-electron chi connectivity index (χ1n) is 9.17. The third kappa shape index (κ3) is 3.59. The van der Waals surface area contributed by atoms with Gasteiger partial charge in [0, 0.05) is 18.7 Å². The van der Waals surface area contributed by atoms with E-state index in [2.05, 4.69) is 17.2 Å². The summed E-state index contributed by atoms with van der Waals surface area (Å²) in [4.78, 5) is 6.86. The van der Waals surface area contributed by atoms with Crippen molar-refractivity contribution in [3.8, 4) is 0 Å². The summed E-state index contributed by atoms with van der Waals surface area (Å²) in [6, 6.07) is 10.9. The first kappa shape index (κ1) is 18.8. The van der Waals surface area contributed by atoms with Crippen LogP contribution >= 0.6 is 0 Å². The van der Waals surface area contributed by atoms with Gasteiger partial charge >= 0.3 is 0 Å². The minimum Gasteiger partial charge on any atom is -0.390 e. The van der Waals surface area contributed by atoms with E-state index in [1.807, 2.05) is 0 Å². The number of sulfonamides is 1. The van der Waals surface area contributed by atoms with Gasteiger partial charge in [-0.3, -0.25) is 0 Å². The molecule has 1 aliphatic rings. The lowest BCUT2D eigenvalue weighted by molar-refractivity contribution is 0.0733. The summed E-state index contributed by atoms with van der Waals surface area (Å²) in [5.41, 5.74) is 1.29. The zero-order valence-corrected chi connectivity index (χ0v) is 16.3. The Morgan fingerprint density at radius 3 is 2.86 bits per heavy atom. The molecule has 0 radical (unpaired) electrons. The fraction of sp³-hybridized carbons (Fsp3) is 0.368. The molecular weight excluding hydrogens is 383 g/mol. The molecule has 1 saturated heterocycles. The second-order valence-corrected chi connectivity index (χ2v) is 9.03. The molecule has 9 heteroatoms. The average molecular weight is 404 g/mol. The van der Waals surface area contributed by atoms with Crippen LogP contribution in [0.25, 0.3) is 11.0 Å². The highest BCUT2D eigenvalue weighted by molar-refractivity contribution is 7.89. The van der Waals surface area contributed by atoms with Crippen molar-refractivity contribution in [2.75, 3.05) is 13.1 Å².